The number of carbonyl (C=O) groups excluding carboxylic acids is 1. The maximum absolute atomic E-state index is 11.7. The van der Waals surface area contributed by atoms with Crippen molar-refractivity contribution in [2.24, 2.45) is 5.73 Å². The van der Waals surface area contributed by atoms with Crippen molar-refractivity contribution in [2.45, 2.75) is 45.7 Å². The number of ether oxygens (including phenoxy) is 1. The van der Waals surface area contributed by atoms with E-state index in [9.17, 15) is 4.79 Å². The second-order valence-corrected chi connectivity index (χ2v) is 4.91. The van der Waals surface area contributed by atoms with Gasteiger partial charge in [-0.3, -0.25) is 4.79 Å². The number of nitrogens with one attached hydrogen (secondary N) is 1. The van der Waals surface area contributed by atoms with Crippen LogP contribution in [0.2, 0.25) is 0 Å². The monoisotopic (exact) mass is 264 g/mol. The molecule has 1 aromatic carbocycles. The summed E-state index contributed by atoms with van der Waals surface area (Å²) in [5, 5.41) is 2.90. The third-order valence-corrected chi connectivity index (χ3v) is 2.88. The van der Waals surface area contributed by atoms with E-state index in [1.54, 1.807) is 0 Å². The van der Waals surface area contributed by atoms with Gasteiger partial charge < -0.3 is 15.8 Å². The summed E-state index contributed by atoms with van der Waals surface area (Å²) in [4.78, 5) is 11.7. The predicted octanol–water partition coefficient (Wildman–Crippen LogP) is 2.39. The normalized spacial score (nSPS) is 13.7. The predicted molar refractivity (Wildman–Crippen MR) is 77.1 cm³/mol. The van der Waals surface area contributed by atoms with E-state index in [2.05, 4.69) is 12.2 Å². The molecule has 4 nitrogen and oxygen atoms in total. The Bertz CT molecular complexity index is 405. The van der Waals surface area contributed by atoms with Crippen molar-refractivity contribution in [1.82, 2.24) is 5.32 Å². The fourth-order valence-electron chi connectivity index (χ4n) is 1.86. The van der Waals surface area contributed by atoms with E-state index in [-0.39, 0.29) is 24.6 Å². The quantitative estimate of drug-likeness (QED) is 0.794. The van der Waals surface area contributed by atoms with E-state index < -0.39 is 0 Å². The van der Waals surface area contributed by atoms with Gasteiger partial charge in [-0.2, -0.15) is 0 Å². The van der Waals surface area contributed by atoms with Gasteiger partial charge in [0.1, 0.15) is 5.75 Å². The van der Waals surface area contributed by atoms with Gasteiger partial charge in [0.05, 0.1) is 0 Å². The Morgan fingerprint density at radius 1 is 1.42 bits per heavy atom. The second kappa shape index (κ2) is 7.79. The van der Waals surface area contributed by atoms with Crippen LogP contribution in [0.4, 0.5) is 0 Å². The van der Waals surface area contributed by atoms with E-state index in [1.165, 1.54) is 0 Å². The standard InChI is InChI=1S/C15H24N2O2/c1-4-6-11(2)17-15(18)10-19-14-8-5-7-13(9-14)12(3)16/h5,7-9,11-12H,4,6,10,16H2,1-3H3,(H,17,18)/t11?,12-/m0/s1. The molecule has 0 bridgehead atoms. The molecule has 0 spiro atoms. The van der Waals surface area contributed by atoms with Crippen molar-refractivity contribution >= 4 is 5.91 Å². The fourth-order valence-corrected chi connectivity index (χ4v) is 1.86. The first-order chi connectivity index (χ1) is 9.02. The number of carbonyl (C=O) groups is 1. The molecule has 1 unspecified atom stereocenters. The van der Waals surface area contributed by atoms with Crippen LogP contribution in [0, 0.1) is 0 Å². The lowest BCUT2D eigenvalue weighted by Crippen LogP contribution is -2.35. The van der Waals surface area contributed by atoms with E-state index in [0.717, 1.165) is 18.4 Å². The summed E-state index contributed by atoms with van der Waals surface area (Å²) in [7, 11) is 0. The number of hydrogen-bond donors (Lipinski definition) is 2. The topological polar surface area (TPSA) is 64.3 Å². The molecule has 0 saturated heterocycles. The van der Waals surface area contributed by atoms with Gasteiger partial charge in [0, 0.05) is 12.1 Å². The maximum atomic E-state index is 11.7. The third kappa shape index (κ3) is 5.75. The molecule has 4 heteroatoms. The number of rotatable bonds is 7. The van der Waals surface area contributed by atoms with Gasteiger partial charge in [-0.25, -0.2) is 0 Å². The minimum absolute atomic E-state index is 0.0382. The third-order valence-electron chi connectivity index (χ3n) is 2.88. The summed E-state index contributed by atoms with van der Waals surface area (Å²) in [6.07, 6.45) is 2.03. The van der Waals surface area contributed by atoms with Gasteiger partial charge in [-0.05, 0) is 38.0 Å². The Balaban J connectivity index is 2.43. The van der Waals surface area contributed by atoms with Crippen molar-refractivity contribution in [3.05, 3.63) is 29.8 Å². The van der Waals surface area contributed by atoms with Crippen LogP contribution in [-0.4, -0.2) is 18.6 Å². The molecule has 0 fully saturated rings. The summed E-state index contributed by atoms with van der Waals surface area (Å²) in [5.74, 6) is 0.584. The van der Waals surface area contributed by atoms with Crippen LogP contribution in [0.5, 0.6) is 5.75 Å². The fraction of sp³-hybridized carbons (Fsp3) is 0.533. The highest BCUT2D eigenvalue weighted by Crippen LogP contribution is 2.17. The largest absolute Gasteiger partial charge is 0.484 e. The van der Waals surface area contributed by atoms with E-state index >= 15 is 0 Å². The second-order valence-electron chi connectivity index (χ2n) is 4.91. The Morgan fingerprint density at radius 2 is 2.16 bits per heavy atom. The van der Waals surface area contributed by atoms with E-state index in [0.29, 0.717) is 5.75 Å². The Hall–Kier alpha value is -1.55. The van der Waals surface area contributed by atoms with Gasteiger partial charge in [-0.1, -0.05) is 25.5 Å². The summed E-state index contributed by atoms with van der Waals surface area (Å²) >= 11 is 0. The zero-order valence-electron chi connectivity index (χ0n) is 12.0. The van der Waals surface area contributed by atoms with Crippen LogP contribution in [0.15, 0.2) is 24.3 Å². The van der Waals surface area contributed by atoms with E-state index in [1.807, 2.05) is 38.1 Å². The zero-order chi connectivity index (χ0) is 14.3. The zero-order valence-corrected chi connectivity index (χ0v) is 12.0. The van der Waals surface area contributed by atoms with Crippen LogP contribution in [0.3, 0.4) is 0 Å². The molecular weight excluding hydrogens is 240 g/mol. The minimum atomic E-state index is -0.0906. The van der Waals surface area contributed by atoms with Crippen molar-refractivity contribution in [1.29, 1.82) is 0 Å². The SMILES string of the molecule is CCCC(C)NC(=O)COc1cccc([C@H](C)N)c1. The Kier molecular flexibility index (Phi) is 6.36. The highest BCUT2D eigenvalue weighted by atomic mass is 16.5. The average molecular weight is 264 g/mol. The molecule has 106 valence electrons. The molecule has 0 aliphatic carbocycles. The molecule has 0 heterocycles. The highest BCUT2D eigenvalue weighted by Gasteiger charge is 2.08. The van der Waals surface area contributed by atoms with Crippen LogP contribution in [0.25, 0.3) is 0 Å². The van der Waals surface area contributed by atoms with Crippen molar-refractivity contribution < 1.29 is 9.53 Å². The molecule has 3 N–H and O–H groups in total. The summed E-state index contributed by atoms with van der Waals surface area (Å²) in [5.41, 5.74) is 6.80. The van der Waals surface area contributed by atoms with Crippen LogP contribution in [0.1, 0.15) is 45.2 Å². The van der Waals surface area contributed by atoms with Crippen molar-refractivity contribution in [3.8, 4) is 5.75 Å². The summed E-state index contributed by atoms with van der Waals surface area (Å²) < 4.78 is 5.47. The maximum Gasteiger partial charge on any atom is 0.258 e. The van der Waals surface area contributed by atoms with Gasteiger partial charge in [-0.15, -0.1) is 0 Å². The molecular formula is C15H24N2O2. The molecule has 1 amide bonds. The molecule has 1 aromatic rings. The van der Waals surface area contributed by atoms with Crippen LogP contribution >= 0.6 is 0 Å². The lowest BCUT2D eigenvalue weighted by atomic mass is 10.1. The molecule has 0 aromatic heterocycles. The highest BCUT2D eigenvalue weighted by molar-refractivity contribution is 5.77. The molecule has 0 radical (unpaired) electrons. The lowest BCUT2D eigenvalue weighted by molar-refractivity contribution is -0.123. The van der Waals surface area contributed by atoms with Crippen LogP contribution < -0.4 is 15.8 Å². The van der Waals surface area contributed by atoms with Gasteiger partial charge >= 0.3 is 0 Å². The molecule has 0 aliphatic heterocycles. The Morgan fingerprint density at radius 3 is 2.79 bits per heavy atom. The minimum Gasteiger partial charge on any atom is -0.484 e. The smallest absolute Gasteiger partial charge is 0.258 e. The van der Waals surface area contributed by atoms with E-state index in [4.69, 9.17) is 10.5 Å². The first kappa shape index (κ1) is 15.5. The Labute approximate surface area is 115 Å². The lowest BCUT2D eigenvalue weighted by Gasteiger charge is -2.14. The number of amides is 1. The molecule has 19 heavy (non-hydrogen) atoms. The van der Waals surface area contributed by atoms with Crippen molar-refractivity contribution in [3.63, 3.8) is 0 Å². The number of nitrogens with two attached hydrogens (primary N) is 1. The molecule has 2 atom stereocenters. The molecule has 0 saturated carbocycles. The number of benzene rings is 1. The summed E-state index contributed by atoms with van der Waals surface area (Å²) in [6.45, 7) is 6.05. The van der Waals surface area contributed by atoms with Gasteiger partial charge in [0.15, 0.2) is 6.61 Å². The number of hydrogen-bond acceptors (Lipinski definition) is 3. The van der Waals surface area contributed by atoms with Crippen LogP contribution in [-0.2, 0) is 4.79 Å². The van der Waals surface area contributed by atoms with Gasteiger partial charge in [0.2, 0.25) is 0 Å². The van der Waals surface area contributed by atoms with Crippen molar-refractivity contribution in [2.75, 3.05) is 6.61 Å². The molecule has 0 aliphatic rings. The molecule has 1 rings (SSSR count). The first-order valence-corrected chi connectivity index (χ1v) is 6.80. The average Bonchev–Trinajstić information content (AvgIpc) is 2.37. The van der Waals surface area contributed by atoms with Gasteiger partial charge in [0.25, 0.3) is 5.91 Å². The summed E-state index contributed by atoms with van der Waals surface area (Å²) in [6, 6.07) is 7.67. The first-order valence-electron chi connectivity index (χ1n) is 6.80.